The van der Waals surface area contributed by atoms with Gasteiger partial charge in [0.15, 0.2) is 23.7 Å². The number of hydrogen-bond donors (Lipinski definition) is 0. The maximum atomic E-state index is 5.41. The van der Waals surface area contributed by atoms with E-state index in [1.54, 1.807) is 24.2 Å². The Labute approximate surface area is 184 Å². The highest BCUT2D eigenvalue weighted by Crippen LogP contribution is 2.30. The fourth-order valence-electron chi connectivity index (χ4n) is 3.76. The van der Waals surface area contributed by atoms with E-state index >= 15 is 0 Å². The maximum Gasteiger partial charge on any atom is 0.192 e. The molecule has 0 saturated carbocycles. The SMILES string of the molecule is COc1cccc(-n2c(C)c(C)c3c2ncn2nc(CO/N=C/c4ccccc4)nc32)c1. The predicted molar refractivity (Wildman–Crippen MR) is 122 cm³/mol. The van der Waals surface area contributed by atoms with Crippen molar-refractivity contribution in [2.24, 2.45) is 5.16 Å². The van der Waals surface area contributed by atoms with Crippen LogP contribution >= 0.6 is 0 Å². The summed E-state index contributed by atoms with van der Waals surface area (Å²) < 4.78 is 9.20. The van der Waals surface area contributed by atoms with E-state index in [0.717, 1.165) is 44.9 Å². The first-order valence-corrected chi connectivity index (χ1v) is 10.2. The second-order valence-electron chi connectivity index (χ2n) is 7.41. The molecule has 0 N–H and O–H groups in total. The Morgan fingerprint density at radius 3 is 2.69 bits per heavy atom. The van der Waals surface area contributed by atoms with Crippen LogP contribution in [0, 0.1) is 13.8 Å². The highest BCUT2D eigenvalue weighted by molar-refractivity contribution is 5.95. The van der Waals surface area contributed by atoms with Gasteiger partial charge in [-0.25, -0.2) is 14.5 Å². The second kappa shape index (κ2) is 8.14. The van der Waals surface area contributed by atoms with Gasteiger partial charge in [0.2, 0.25) is 0 Å². The fraction of sp³-hybridized carbons (Fsp3) is 0.167. The first-order valence-electron chi connectivity index (χ1n) is 10.2. The zero-order chi connectivity index (χ0) is 22.1. The smallest absolute Gasteiger partial charge is 0.192 e. The third-order valence-corrected chi connectivity index (χ3v) is 5.46. The minimum atomic E-state index is 0.168. The molecule has 0 amide bonds. The van der Waals surface area contributed by atoms with Gasteiger partial charge in [0.1, 0.15) is 12.1 Å². The molecule has 0 unspecified atom stereocenters. The van der Waals surface area contributed by atoms with Crippen LogP contribution in [0.25, 0.3) is 22.4 Å². The summed E-state index contributed by atoms with van der Waals surface area (Å²) in [5.41, 5.74) is 5.69. The Kier molecular flexibility index (Phi) is 5.03. The summed E-state index contributed by atoms with van der Waals surface area (Å²) in [5.74, 6) is 1.33. The second-order valence-corrected chi connectivity index (χ2v) is 7.41. The van der Waals surface area contributed by atoms with Crippen LogP contribution in [0.5, 0.6) is 5.75 Å². The van der Waals surface area contributed by atoms with Crippen LogP contribution in [0.1, 0.15) is 22.6 Å². The van der Waals surface area contributed by atoms with Crippen molar-refractivity contribution in [3.63, 3.8) is 0 Å². The molecule has 3 aromatic heterocycles. The molecule has 8 heteroatoms. The number of fused-ring (bicyclic) bond motifs is 3. The molecular weight excluding hydrogens is 404 g/mol. The van der Waals surface area contributed by atoms with Crippen molar-refractivity contribution >= 4 is 22.9 Å². The molecule has 0 aliphatic heterocycles. The van der Waals surface area contributed by atoms with Crippen LogP contribution in [-0.4, -0.2) is 37.5 Å². The highest BCUT2D eigenvalue weighted by Gasteiger charge is 2.19. The Morgan fingerprint density at radius 2 is 1.88 bits per heavy atom. The molecule has 3 heterocycles. The first kappa shape index (κ1) is 19.7. The number of oxime groups is 1. The summed E-state index contributed by atoms with van der Waals surface area (Å²) in [5, 5.41) is 9.48. The molecule has 0 fully saturated rings. The molecule has 8 nitrogen and oxygen atoms in total. The number of aryl methyl sites for hydroxylation is 1. The minimum absolute atomic E-state index is 0.168. The zero-order valence-corrected chi connectivity index (χ0v) is 18.1. The summed E-state index contributed by atoms with van der Waals surface area (Å²) in [6, 6.07) is 17.7. The quantitative estimate of drug-likeness (QED) is 0.300. The zero-order valence-electron chi connectivity index (χ0n) is 18.1. The van der Waals surface area contributed by atoms with E-state index in [1.165, 1.54) is 0 Å². The Morgan fingerprint density at radius 1 is 1.03 bits per heavy atom. The Bertz CT molecular complexity index is 1440. The molecule has 160 valence electrons. The van der Waals surface area contributed by atoms with Crippen molar-refractivity contribution in [2.75, 3.05) is 7.11 Å². The molecule has 0 spiro atoms. The summed E-state index contributed by atoms with van der Waals surface area (Å²) >= 11 is 0. The lowest BCUT2D eigenvalue weighted by Gasteiger charge is -2.09. The van der Waals surface area contributed by atoms with E-state index in [0.29, 0.717) is 5.82 Å². The molecule has 2 aromatic carbocycles. The van der Waals surface area contributed by atoms with Gasteiger partial charge in [-0.15, -0.1) is 5.10 Å². The number of methoxy groups -OCH3 is 1. The number of aromatic nitrogens is 5. The van der Waals surface area contributed by atoms with Crippen molar-refractivity contribution in [1.29, 1.82) is 0 Å². The number of rotatable bonds is 6. The van der Waals surface area contributed by atoms with Crippen molar-refractivity contribution in [3.8, 4) is 11.4 Å². The number of ether oxygens (including phenoxy) is 1. The standard InChI is InChI=1S/C24H22N6O2/c1-16-17(2)30(19-10-7-11-20(12-19)31-3)23-22(16)24-27-21(28-29(24)15-25-23)14-32-26-13-18-8-5-4-6-9-18/h4-13,15H,14H2,1-3H3/b26-13+. The average molecular weight is 426 g/mol. The number of benzene rings is 2. The maximum absolute atomic E-state index is 5.41. The fourth-order valence-corrected chi connectivity index (χ4v) is 3.76. The van der Waals surface area contributed by atoms with E-state index < -0.39 is 0 Å². The monoisotopic (exact) mass is 426 g/mol. The van der Waals surface area contributed by atoms with Crippen molar-refractivity contribution in [3.05, 3.63) is 83.6 Å². The predicted octanol–water partition coefficient (Wildman–Crippen LogP) is 4.24. The molecule has 0 saturated heterocycles. The van der Waals surface area contributed by atoms with Gasteiger partial charge < -0.3 is 9.57 Å². The molecule has 0 atom stereocenters. The number of hydrogen-bond acceptors (Lipinski definition) is 6. The first-order chi connectivity index (χ1) is 15.7. The lowest BCUT2D eigenvalue weighted by atomic mass is 10.2. The van der Waals surface area contributed by atoms with Crippen LogP contribution in [0.4, 0.5) is 0 Å². The Balaban J connectivity index is 1.50. The van der Waals surface area contributed by atoms with Crippen molar-refractivity contribution in [2.45, 2.75) is 20.5 Å². The van der Waals surface area contributed by atoms with Gasteiger partial charge >= 0.3 is 0 Å². The molecule has 0 radical (unpaired) electrons. The molecule has 5 rings (SSSR count). The molecule has 32 heavy (non-hydrogen) atoms. The van der Waals surface area contributed by atoms with Gasteiger partial charge in [0.25, 0.3) is 0 Å². The normalized spacial score (nSPS) is 11.6. The number of nitrogens with zero attached hydrogens (tertiary/aromatic N) is 6. The molecule has 5 aromatic rings. The highest BCUT2D eigenvalue weighted by atomic mass is 16.6. The van der Waals surface area contributed by atoms with E-state index in [1.807, 2.05) is 54.6 Å². The summed E-state index contributed by atoms with van der Waals surface area (Å²) in [7, 11) is 1.66. The summed E-state index contributed by atoms with van der Waals surface area (Å²) in [6.07, 6.45) is 3.34. The van der Waals surface area contributed by atoms with E-state index in [9.17, 15) is 0 Å². The van der Waals surface area contributed by atoms with Crippen LogP contribution in [0.3, 0.4) is 0 Å². The summed E-state index contributed by atoms with van der Waals surface area (Å²) in [4.78, 5) is 14.8. The van der Waals surface area contributed by atoms with Gasteiger partial charge in [-0.1, -0.05) is 41.6 Å². The van der Waals surface area contributed by atoms with Gasteiger partial charge in [-0.05, 0) is 37.1 Å². The molecule has 0 bridgehead atoms. The van der Waals surface area contributed by atoms with Gasteiger partial charge in [0, 0.05) is 11.8 Å². The molecule has 0 aliphatic rings. The van der Waals surface area contributed by atoms with Crippen LogP contribution < -0.4 is 4.74 Å². The molecular formula is C24H22N6O2. The minimum Gasteiger partial charge on any atom is -0.497 e. The third-order valence-electron chi connectivity index (χ3n) is 5.46. The molecule has 0 aliphatic carbocycles. The van der Waals surface area contributed by atoms with Crippen LogP contribution in [-0.2, 0) is 11.4 Å². The van der Waals surface area contributed by atoms with E-state index in [4.69, 9.17) is 14.6 Å². The van der Waals surface area contributed by atoms with Crippen molar-refractivity contribution in [1.82, 2.24) is 24.1 Å². The summed E-state index contributed by atoms with van der Waals surface area (Å²) in [6.45, 7) is 4.32. The topological polar surface area (TPSA) is 78.8 Å². The Hall–Kier alpha value is -4.20. The van der Waals surface area contributed by atoms with Gasteiger partial charge in [0.05, 0.1) is 24.4 Å². The average Bonchev–Trinajstić information content (AvgIpc) is 3.35. The largest absolute Gasteiger partial charge is 0.497 e. The van der Waals surface area contributed by atoms with Gasteiger partial charge in [-0.3, -0.25) is 4.57 Å². The van der Waals surface area contributed by atoms with E-state index in [2.05, 4.69) is 33.7 Å². The van der Waals surface area contributed by atoms with Gasteiger partial charge in [-0.2, -0.15) is 0 Å². The van der Waals surface area contributed by atoms with Crippen LogP contribution in [0.15, 0.2) is 66.1 Å². The van der Waals surface area contributed by atoms with E-state index in [-0.39, 0.29) is 6.61 Å². The van der Waals surface area contributed by atoms with Crippen molar-refractivity contribution < 1.29 is 9.57 Å². The lowest BCUT2D eigenvalue weighted by molar-refractivity contribution is 0.126. The third kappa shape index (κ3) is 3.45. The van der Waals surface area contributed by atoms with Crippen LogP contribution in [0.2, 0.25) is 0 Å². The lowest BCUT2D eigenvalue weighted by Crippen LogP contribution is -1.99.